The van der Waals surface area contributed by atoms with Crippen molar-refractivity contribution < 1.29 is 4.79 Å². The number of amides is 1. The molecule has 1 fully saturated rings. The van der Waals surface area contributed by atoms with Crippen LogP contribution in [0, 0.1) is 0 Å². The zero-order valence-corrected chi connectivity index (χ0v) is 10.9. The molecule has 1 heterocycles. The van der Waals surface area contributed by atoms with Gasteiger partial charge in [0.05, 0.1) is 10.6 Å². The Morgan fingerprint density at radius 3 is 2.76 bits per heavy atom. The fraction of sp³-hybridized carbons (Fsp3) is 0.462. The Hall–Kier alpha value is -1.06. The summed E-state index contributed by atoms with van der Waals surface area (Å²) in [4.78, 5) is 14.2. The highest BCUT2D eigenvalue weighted by Gasteiger charge is 2.29. The van der Waals surface area contributed by atoms with Gasteiger partial charge in [0.15, 0.2) is 0 Å². The number of benzene rings is 1. The summed E-state index contributed by atoms with van der Waals surface area (Å²) in [6.45, 7) is 6.45. The molecule has 1 aromatic rings. The van der Waals surface area contributed by atoms with E-state index in [1.54, 1.807) is 12.1 Å². The molecule has 0 aromatic heterocycles. The second kappa shape index (κ2) is 4.67. The maximum absolute atomic E-state index is 12.3. The largest absolute Gasteiger partial charge is 0.335 e. The summed E-state index contributed by atoms with van der Waals surface area (Å²) >= 11 is 6.05. The van der Waals surface area contributed by atoms with Crippen LogP contribution in [0.25, 0.3) is 0 Å². The topological polar surface area (TPSA) is 32.3 Å². The number of piperazine rings is 1. The molecule has 1 amide bonds. The van der Waals surface area contributed by atoms with E-state index in [0.717, 1.165) is 13.1 Å². The van der Waals surface area contributed by atoms with Gasteiger partial charge in [0, 0.05) is 25.2 Å². The van der Waals surface area contributed by atoms with Crippen LogP contribution in [0.5, 0.6) is 0 Å². The molecule has 0 atom stereocenters. The molecule has 1 aromatic carbocycles. The van der Waals surface area contributed by atoms with E-state index in [1.807, 2.05) is 17.0 Å². The summed E-state index contributed by atoms with van der Waals surface area (Å²) in [7, 11) is 0. The van der Waals surface area contributed by atoms with Crippen LogP contribution in [0.3, 0.4) is 0 Å². The first-order valence-corrected chi connectivity index (χ1v) is 6.16. The zero-order valence-electron chi connectivity index (χ0n) is 10.2. The van der Waals surface area contributed by atoms with Crippen LogP contribution in [-0.2, 0) is 0 Å². The Balaban J connectivity index is 2.18. The molecule has 17 heavy (non-hydrogen) atoms. The summed E-state index contributed by atoms with van der Waals surface area (Å²) in [6.07, 6.45) is 0. The minimum absolute atomic E-state index is 0.0187. The molecule has 0 bridgehead atoms. The van der Waals surface area contributed by atoms with E-state index in [2.05, 4.69) is 19.2 Å². The first-order valence-electron chi connectivity index (χ1n) is 5.78. The third-order valence-electron chi connectivity index (χ3n) is 2.96. The van der Waals surface area contributed by atoms with Crippen LogP contribution in [-0.4, -0.2) is 36.0 Å². The predicted octanol–water partition coefficient (Wildman–Crippen LogP) is 2.16. The van der Waals surface area contributed by atoms with Gasteiger partial charge in [0.2, 0.25) is 0 Å². The molecule has 0 aliphatic carbocycles. The molecular formula is C13H17ClN2O. The van der Waals surface area contributed by atoms with Crippen molar-refractivity contribution in [1.29, 1.82) is 0 Å². The highest BCUT2D eigenvalue weighted by Crippen LogP contribution is 2.19. The van der Waals surface area contributed by atoms with Crippen molar-refractivity contribution in [3.05, 3.63) is 34.9 Å². The Morgan fingerprint density at radius 1 is 1.41 bits per heavy atom. The van der Waals surface area contributed by atoms with Gasteiger partial charge < -0.3 is 10.2 Å². The molecule has 1 aliphatic heterocycles. The predicted molar refractivity (Wildman–Crippen MR) is 69.4 cm³/mol. The highest BCUT2D eigenvalue weighted by atomic mass is 35.5. The minimum Gasteiger partial charge on any atom is -0.335 e. The maximum Gasteiger partial charge on any atom is 0.255 e. The maximum atomic E-state index is 12.3. The second-order valence-corrected chi connectivity index (χ2v) is 5.42. The SMILES string of the molecule is CC1(C)CN(C(=O)c2ccccc2Cl)CCN1. The van der Waals surface area contributed by atoms with E-state index in [-0.39, 0.29) is 11.4 Å². The van der Waals surface area contributed by atoms with Crippen LogP contribution >= 0.6 is 11.6 Å². The molecule has 2 rings (SSSR count). The third-order valence-corrected chi connectivity index (χ3v) is 3.29. The summed E-state index contributed by atoms with van der Waals surface area (Å²) < 4.78 is 0. The molecule has 3 nitrogen and oxygen atoms in total. The monoisotopic (exact) mass is 252 g/mol. The van der Waals surface area contributed by atoms with Crippen molar-refractivity contribution in [2.75, 3.05) is 19.6 Å². The van der Waals surface area contributed by atoms with Crippen LogP contribution in [0.2, 0.25) is 5.02 Å². The Bertz CT molecular complexity index is 431. The number of nitrogens with one attached hydrogen (secondary N) is 1. The minimum atomic E-state index is -0.0326. The van der Waals surface area contributed by atoms with E-state index in [9.17, 15) is 4.79 Å². The van der Waals surface area contributed by atoms with E-state index < -0.39 is 0 Å². The molecule has 92 valence electrons. The average Bonchev–Trinajstić information content (AvgIpc) is 2.27. The highest BCUT2D eigenvalue weighted by molar-refractivity contribution is 6.33. The molecule has 0 unspecified atom stereocenters. The Kier molecular flexibility index (Phi) is 3.40. The smallest absolute Gasteiger partial charge is 0.255 e. The van der Waals surface area contributed by atoms with Crippen molar-refractivity contribution >= 4 is 17.5 Å². The molecule has 4 heteroatoms. The van der Waals surface area contributed by atoms with E-state index in [0.29, 0.717) is 17.1 Å². The molecule has 1 saturated heterocycles. The second-order valence-electron chi connectivity index (χ2n) is 5.02. The van der Waals surface area contributed by atoms with E-state index >= 15 is 0 Å². The first kappa shape index (κ1) is 12.4. The number of hydrogen-bond acceptors (Lipinski definition) is 2. The Morgan fingerprint density at radius 2 is 2.12 bits per heavy atom. The number of halogens is 1. The lowest BCUT2D eigenvalue weighted by Gasteiger charge is -2.39. The summed E-state index contributed by atoms with van der Waals surface area (Å²) in [5.74, 6) is 0.0187. The number of carbonyl (C=O) groups excluding carboxylic acids is 1. The molecule has 0 radical (unpaired) electrons. The average molecular weight is 253 g/mol. The van der Waals surface area contributed by atoms with Crippen LogP contribution in [0.1, 0.15) is 24.2 Å². The van der Waals surface area contributed by atoms with Crippen molar-refractivity contribution in [2.24, 2.45) is 0 Å². The van der Waals surface area contributed by atoms with Crippen molar-refractivity contribution in [1.82, 2.24) is 10.2 Å². The molecule has 0 saturated carbocycles. The third kappa shape index (κ3) is 2.79. The fourth-order valence-corrected chi connectivity index (χ4v) is 2.34. The van der Waals surface area contributed by atoms with E-state index in [1.165, 1.54) is 0 Å². The van der Waals surface area contributed by atoms with Gasteiger partial charge in [0.1, 0.15) is 0 Å². The lowest BCUT2D eigenvalue weighted by molar-refractivity contribution is 0.0652. The van der Waals surface area contributed by atoms with Gasteiger partial charge in [-0.05, 0) is 26.0 Å². The molecule has 1 aliphatic rings. The van der Waals surface area contributed by atoms with Gasteiger partial charge >= 0.3 is 0 Å². The van der Waals surface area contributed by atoms with Gasteiger partial charge in [0.25, 0.3) is 5.91 Å². The van der Waals surface area contributed by atoms with E-state index in [4.69, 9.17) is 11.6 Å². The zero-order chi connectivity index (χ0) is 12.5. The van der Waals surface area contributed by atoms with Crippen LogP contribution in [0.15, 0.2) is 24.3 Å². The lowest BCUT2D eigenvalue weighted by Crippen LogP contribution is -2.58. The first-order chi connectivity index (χ1) is 7.99. The van der Waals surface area contributed by atoms with Crippen molar-refractivity contribution in [2.45, 2.75) is 19.4 Å². The summed E-state index contributed by atoms with van der Waals surface area (Å²) in [5.41, 5.74) is 0.557. The van der Waals surface area contributed by atoms with Crippen molar-refractivity contribution in [3.63, 3.8) is 0 Å². The van der Waals surface area contributed by atoms with Gasteiger partial charge in [-0.25, -0.2) is 0 Å². The van der Waals surface area contributed by atoms with Gasteiger partial charge in [-0.1, -0.05) is 23.7 Å². The summed E-state index contributed by atoms with van der Waals surface area (Å²) in [5, 5.41) is 3.90. The lowest BCUT2D eigenvalue weighted by atomic mass is 10.0. The normalized spacial score (nSPS) is 19.1. The number of hydrogen-bond donors (Lipinski definition) is 1. The van der Waals surface area contributed by atoms with Crippen LogP contribution in [0.4, 0.5) is 0 Å². The quantitative estimate of drug-likeness (QED) is 0.831. The molecule has 0 spiro atoms. The molecular weight excluding hydrogens is 236 g/mol. The van der Waals surface area contributed by atoms with Gasteiger partial charge in [-0.15, -0.1) is 0 Å². The standard InChI is InChI=1S/C13H17ClN2O/c1-13(2)9-16(8-7-15-13)12(17)10-5-3-4-6-11(10)14/h3-6,15H,7-9H2,1-2H3. The molecule has 1 N–H and O–H groups in total. The summed E-state index contributed by atoms with van der Waals surface area (Å²) in [6, 6.07) is 7.20. The van der Waals surface area contributed by atoms with Gasteiger partial charge in [-0.3, -0.25) is 4.79 Å². The number of nitrogens with zero attached hydrogens (tertiary/aromatic N) is 1. The fourth-order valence-electron chi connectivity index (χ4n) is 2.12. The van der Waals surface area contributed by atoms with Crippen molar-refractivity contribution in [3.8, 4) is 0 Å². The number of carbonyl (C=O) groups is 1. The number of rotatable bonds is 1. The van der Waals surface area contributed by atoms with Gasteiger partial charge in [-0.2, -0.15) is 0 Å². The Labute approximate surface area is 107 Å². The van der Waals surface area contributed by atoms with Crippen LogP contribution < -0.4 is 5.32 Å².